The molecule has 0 bridgehead atoms. The molecule has 7 heteroatoms. The smallest absolute Gasteiger partial charge is 0.256 e. The molecule has 1 aliphatic heterocycles. The van der Waals surface area contributed by atoms with Gasteiger partial charge < -0.3 is 15.8 Å². The summed E-state index contributed by atoms with van der Waals surface area (Å²) in [5, 5.41) is 20.1. The minimum atomic E-state index is -0.352. The lowest BCUT2D eigenvalue weighted by atomic mass is 9.99. The van der Waals surface area contributed by atoms with Crippen molar-refractivity contribution >= 4 is 11.7 Å². The number of piperidine rings is 1. The largest absolute Gasteiger partial charge is 0.409 e. The monoisotopic (exact) mass is 291 g/mol. The van der Waals surface area contributed by atoms with Crippen molar-refractivity contribution in [2.75, 3.05) is 6.54 Å². The highest BCUT2D eigenvalue weighted by molar-refractivity contribution is 5.99. The highest BCUT2D eigenvalue weighted by atomic mass is 16.4. The van der Waals surface area contributed by atoms with Gasteiger partial charge in [0.05, 0.1) is 23.0 Å². The van der Waals surface area contributed by atoms with E-state index in [4.69, 9.17) is 10.9 Å². The number of rotatable bonds is 3. The van der Waals surface area contributed by atoms with Gasteiger partial charge in [0.25, 0.3) is 5.91 Å². The lowest BCUT2D eigenvalue weighted by Gasteiger charge is -2.35. The van der Waals surface area contributed by atoms with Gasteiger partial charge in [0.1, 0.15) is 0 Å². The Kier molecular flexibility index (Phi) is 4.72. The Bertz CT molecular complexity index is 558. The molecule has 1 atom stereocenters. The molecule has 2 rings (SSSR count). The maximum atomic E-state index is 12.8. The normalized spacial score (nSPS) is 19.6. The van der Waals surface area contributed by atoms with Gasteiger partial charge in [-0.2, -0.15) is 10.2 Å². The van der Waals surface area contributed by atoms with E-state index in [-0.39, 0.29) is 17.8 Å². The minimum absolute atomic E-state index is 0.0832. The number of aromatic nitrogens is 2. The predicted molar refractivity (Wildman–Crippen MR) is 78.2 cm³/mol. The fraction of sp³-hybridized carbons (Fsp3) is 0.571. The zero-order valence-corrected chi connectivity index (χ0v) is 12.4. The SMILES string of the molecule is CCc1nnc(C)cc1C(=O)N1CCCCC1C(N)=NO. The van der Waals surface area contributed by atoms with Gasteiger partial charge in [-0.15, -0.1) is 0 Å². The van der Waals surface area contributed by atoms with Crippen molar-refractivity contribution in [1.82, 2.24) is 15.1 Å². The zero-order chi connectivity index (χ0) is 15.4. The summed E-state index contributed by atoms with van der Waals surface area (Å²) in [6.45, 7) is 4.35. The minimum Gasteiger partial charge on any atom is -0.409 e. The Morgan fingerprint density at radius 1 is 1.52 bits per heavy atom. The third kappa shape index (κ3) is 3.12. The Morgan fingerprint density at radius 2 is 2.29 bits per heavy atom. The fourth-order valence-corrected chi connectivity index (χ4v) is 2.66. The Morgan fingerprint density at radius 3 is 2.95 bits per heavy atom. The second-order valence-electron chi connectivity index (χ2n) is 5.23. The molecule has 2 heterocycles. The third-order valence-electron chi connectivity index (χ3n) is 3.78. The van der Waals surface area contributed by atoms with Crippen LogP contribution in [0.15, 0.2) is 11.2 Å². The van der Waals surface area contributed by atoms with E-state index in [2.05, 4.69) is 15.4 Å². The topological polar surface area (TPSA) is 105 Å². The zero-order valence-electron chi connectivity index (χ0n) is 12.4. The summed E-state index contributed by atoms with van der Waals surface area (Å²) in [5.41, 5.74) is 7.67. The number of aryl methyl sites for hydroxylation is 2. The lowest BCUT2D eigenvalue weighted by Crippen LogP contribution is -2.50. The first-order valence-electron chi connectivity index (χ1n) is 7.20. The van der Waals surface area contributed by atoms with Gasteiger partial charge in [-0.25, -0.2) is 0 Å². The van der Waals surface area contributed by atoms with Gasteiger partial charge in [-0.05, 0) is 38.7 Å². The Balaban J connectivity index is 2.35. The molecular weight excluding hydrogens is 270 g/mol. The molecule has 1 aromatic rings. The number of carbonyl (C=O) groups excluding carboxylic acids is 1. The lowest BCUT2D eigenvalue weighted by molar-refractivity contribution is 0.0674. The van der Waals surface area contributed by atoms with Crippen LogP contribution in [0.5, 0.6) is 0 Å². The Labute approximate surface area is 123 Å². The molecule has 0 aromatic carbocycles. The van der Waals surface area contributed by atoms with Crippen LogP contribution in [0.25, 0.3) is 0 Å². The molecule has 1 fully saturated rings. The molecule has 1 saturated heterocycles. The van der Waals surface area contributed by atoms with Crippen LogP contribution < -0.4 is 5.73 Å². The quantitative estimate of drug-likeness (QED) is 0.375. The van der Waals surface area contributed by atoms with E-state index in [1.807, 2.05) is 6.92 Å². The summed E-state index contributed by atoms with van der Waals surface area (Å²) in [6, 6.07) is 1.40. The maximum Gasteiger partial charge on any atom is 0.256 e. The molecule has 1 aliphatic rings. The van der Waals surface area contributed by atoms with Crippen molar-refractivity contribution in [2.45, 2.75) is 45.6 Å². The average molecular weight is 291 g/mol. The predicted octanol–water partition coefficient (Wildman–Crippen LogP) is 1.09. The molecule has 1 unspecified atom stereocenters. The molecule has 0 radical (unpaired) electrons. The van der Waals surface area contributed by atoms with Crippen LogP contribution in [-0.2, 0) is 6.42 Å². The second kappa shape index (κ2) is 6.51. The van der Waals surface area contributed by atoms with E-state index < -0.39 is 0 Å². The highest BCUT2D eigenvalue weighted by Gasteiger charge is 2.31. The van der Waals surface area contributed by atoms with Crippen LogP contribution in [0.1, 0.15) is 47.9 Å². The maximum absolute atomic E-state index is 12.8. The van der Waals surface area contributed by atoms with Gasteiger partial charge in [0.15, 0.2) is 5.84 Å². The first-order valence-corrected chi connectivity index (χ1v) is 7.20. The first-order chi connectivity index (χ1) is 10.1. The molecule has 7 nitrogen and oxygen atoms in total. The molecule has 3 N–H and O–H groups in total. The highest BCUT2D eigenvalue weighted by Crippen LogP contribution is 2.21. The van der Waals surface area contributed by atoms with Gasteiger partial charge >= 0.3 is 0 Å². The van der Waals surface area contributed by atoms with Gasteiger partial charge in [-0.3, -0.25) is 4.79 Å². The second-order valence-corrected chi connectivity index (χ2v) is 5.23. The number of nitrogens with zero attached hydrogens (tertiary/aromatic N) is 4. The molecule has 0 spiro atoms. The van der Waals surface area contributed by atoms with Crippen LogP contribution in [0.4, 0.5) is 0 Å². The van der Waals surface area contributed by atoms with Crippen LogP contribution in [0.2, 0.25) is 0 Å². The van der Waals surface area contributed by atoms with Crippen molar-refractivity contribution in [2.24, 2.45) is 10.9 Å². The third-order valence-corrected chi connectivity index (χ3v) is 3.78. The van der Waals surface area contributed by atoms with Crippen molar-refractivity contribution in [3.05, 3.63) is 23.0 Å². The van der Waals surface area contributed by atoms with Crippen LogP contribution in [-0.4, -0.2) is 44.6 Å². The first kappa shape index (κ1) is 15.2. The Hall–Kier alpha value is -2.18. The van der Waals surface area contributed by atoms with E-state index in [1.54, 1.807) is 17.9 Å². The van der Waals surface area contributed by atoms with Crippen molar-refractivity contribution in [1.29, 1.82) is 0 Å². The fourth-order valence-electron chi connectivity index (χ4n) is 2.66. The van der Waals surface area contributed by atoms with E-state index in [1.165, 1.54) is 0 Å². The van der Waals surface area contributed by atoms with Crippen molar-refractivity contribution in [3.8, 4) is 0 Å². The molecule has 1 amide bonds. The van der Waals surface area contributed by atoms with Crippen molar-refractivity contribution < 1.29 is 10.0 Å². The van der Waals surface area contributed by atoms with Crippen LogP contribution in [0.3, 0.4) is 0 Å². The molecule has 114 valence electrons. The summed E-state index contributed by atoms with van der Waals surface area (Å²) in [4.78, 5) is 14.5. The van der Waals surface area contributed by atoms with Gasteiger partial charge in [0, 0.05) is 6.54 Å². The summed E-state index contributed by atoms with van der Waals surface area (Å²) in [6.07, 6.45) is 3.22. The average Bonchev–Trinajstić information content (AvgIpc) is 2.53. The van der Waals surface area contributed by atoms with E-state index in [0.717, 1.165) is 12.8 Å². The number of hydrogen-bond acceptors (Lipinski definition) is 5. The number of amidine groups is 1. The van der Waals surface area contributed by atoms with Gasteiger partial charge in [0.2, 0.25) is 0 Å². The molecule has 1 aromatic heterocycles. The number of carbonyl (C=O) groups is 1. The molecule has 0 aliphatic carbocycles. The van der Waals surface area contributed by atoms with Crippen LogP contribution >= 0.6 is 0 Å². The number of amides is 1. The number of likely N-dealkylation sites (tertiary alicyclic amines) is 1. The van der Waals surface area contributed by atoms with Gasteiger partial charge in [-0.1, -0.05) is 12.1 Å². The van der Waals surface area contributed by atoms with E-state index in [9.17, 15) is 4.79 Å². The number of hydrogen-bond donors (Lipinski definition) is 2. The summed E-state index contributed by atoms with van der Waals surface area (Å²) in [7, 11) is 0. The molecular formula is C14H21N5O2. The van der Waals surface area contributed by atoms with E-state index >= 15 is 0 Å². The standard InChI is InChI=1S/C14H21N5O2/c1-3-11-10(8-9(2)16-17-11)14(20)19-7-5-4-6-12(19)13(15)18-21/h8,12,21H,3-7H2,1-2H3,(H2,15,18). The van der Waals surface area contributed by atoms with E-state index in [0.29, 0.717) is 36.3 Å². The number of oxime groups is 1. The molecule has 0 saturated carbocycles. The van der Waals surface area contributed by atoms with Crippen LogP contribution in [0, 0.1) is 6.92 Å². The summed E-state index contributed by atoms with van der Waals surface area (Å²) < 4.78 is 0. The summed E-state index contributed by atoms with van der Waals surface area (Å²) in [5.74, 6) is -0.0408. The molecule has 21 heavy (non-hydrogen) atoms. The van der Waals surface area contributed by atoms with Crippen molar-refractivity contribution in [3.63, 3.8) is 0 Å². The number of nitrogens with two attached hydrogens (primary N) is 1. The summed E-state index contributed by atoms with van der Waals surface area (Å²) >= 11 is 0.